The van der Waals surface area contributed by atoms with Crippen molar-refractivity contribution in [3.05, 3.63) is 0 Å². The Morgan fingerprint density at radius 3 is 2.63 bits per heavy atom. The van der Waals surface area contributed by atoms with Gasteiger partial charge < -0.3 is 4.74 Å². The van der Waals surface area contributed by atoms with E-state index in [2.05, 4.69) is 30.4 Å². The van der Waals surface area contributed by atoms with E-state index in [-0.39, 0.29) is 17.7 Å². The molecule has 0 aromatic carbocycles. The molecule has 0 aromatic rings. The quantitative estimate of drug-likeness (QED) is 0.808. The number of hydrogen-bond acceptors (Lipinski definition) is 4. The molecule has 3 atom stereocenters. The minimum absolute atomic E-state index is 0.0507. The first-order chi connectivity index (χ1) is 8.87. The van der Waals surface area contributed by atoms with Crippen LogP contribution in [0.2, 0.25) is 0 Å². The zero-order valence-corrected chi connectivity index (χ0v) is 12.9. The molecule has 19 heavy (non-hydrogen) atoms. The van der Waals surface area contributed by atoms with Crippen molar-refractivity contribution in [2.75, 3.05) is 32.1 Å². The molecule has 0 aromatic heterocycles. The maximum absolute atomic E-state index is 12.2. The van der Waals surface area contributed by atoms with Crippen molar-refractivity contribution in [2.24, 2.45) is 11.8 Å². The van der Waals surface area contributed by atoms with Crippen LogP contribution in [0, 0.1) is 11.8 Å². The Morgan fingerprint density at radius 1 is 1.37 bits per heavy atom. The Bertz CT molecular complexity index is 391. The van der Waals surface area contributed by atoms with Gasteiger partial charge in [0.25, 0.3) is 0 Å². The average molecular weight is 290 g/mol. The number of rotatable bonds is 5. The predicted octanol–water partition coefficient (Wildman–Crippen LogP) is 0.671. The highest BCUT2D eigenvalue weighted by Gasteiger charge is 2.34. The Hall–Kier alpha value is -0.170. The summed E-state index contributed by atoms with van der Waals surface area (Å²) in [5.74, 6) is 0.741. The number of sulfonamides is 1. The molecule has 0 unspecified atom stereocenters. The van der Waals surface area contributed by atoms with Crippen molar-refractivity contribution < 1.29 is 13.2 Å². The maximum atomic E-state index is 12.2. The molecule has 2 fully saturated rings. The lowest BCUT2D eigenvalue weighted by Gasteiger charge is -2.20. The molecule has 0 bridgehead atoms. The highest BCUT2D eigenvalue weighted by Crippen LogP contribution is 2.20. The summed E-state index contributed by atoms with van der Waals surface area (Å²) in [5.41, 5.74) is 0. The Morgan fingerprint density at radius 2 is 2.11 bits per heavy atom. The number of nitrogens with zero attached hydrogens (tertiary/aromatic N) is 1. The fourth-order valence-corrected chi connectivity index (χ4v) is 4.63. The smallest absolute Gasteiger partial charge is 0.212 e. The third-order valence-electron chi connectivity index (χ3n) is 4.18. The molecule has 6 heteroatoms. The van der Waals surface area contributed by atoms with Gasteiger partial charge in [-0.05, 0) is 32.1 Å². The van der Waals surface area contributed by atoms with Crippen LogP contribution in [-0.2, 0) is 14.8 Å². The first kappa shape index (κ1) is 15.2. The molecule has 5 nitrogen and oxygen atoms in total. The lowest BCUT2D eigenvalue weighted by Crippen LogP contribution is -2.42. The third-order valence-corrected chi connectivity index (χ3v) is 5.75. The second kappa shape index (κ2) is 6.08. The maximum Gasteiger partial charge on any atom is 0.212 e. The first-order valence-electron chi connectivity index (χ1n) is 7.19. The Labute approximate surface area is 116 Å². The summed E-state index contributed by atoms with van der Waals surface area (Å²) in [4.78, 5) is 2.33. The van der Waals surface area contributed by atoms with Gasteiger partial charge in [0.1, 0.15) is 0 Å². The van der Waals surface area contributed by atoms with Gasteiger partial charge in [0.2, 0.25) is 10.0 Å². The van der Waals surface area contributed by atoms with Crippen LogP contribution in [0.4, 0.5) is 0 Å². The average Bonchev–Trinajstić information content (AvgIpc) is 2.88. The highest BCUT2D eigenvalue weighted by molar-refractivity contribution is 7.89. The number of likely N-dealkylation sites (tertiary alicyclic amines) is 1. The van der Waals surface area contributed by atoms with Crippen molar-refractivity contribution >= 4 is 10.0 Å². The van der Waals surface area contributed by atoms with Gasteiger partial charge in [-0.25, -0.2) is 13.1 Å². The summed E-state index contributed by atoms with van der Waals surface area (Å²) in [6.45, 7) is 9.49. The fraction of sp³-hybridized carbons (Fsp3) is 1.00. The van der Waals surface area contributed by atoms with Gasteiger partial charge in [0.05, 0.1) is 12.4 Å². The summed E-state index contributed by atoms with van der Waals surface area (Å²) >= 11 is 0. The second-order valence-corrected chi connectivity index (χ2v) is 8.06. The van der Waals surface area contributed by atoms with E-state index in [1.165, 1.54) is 0 Å². The topological polar surface area (TPSA) is 58.6 Å². The molecule has 2 saturated heterocycles. The van der Waals surface area contributed by atoms with Crippen molar-refractivity contribution in [3.8, 4) is 0 Å². The van der Waals surface area contributed by atoms with Crippen LogP contribution in [0.25, 0.3) is 0 Å². The Balaban J connectivity index is 1.89. The molecule has 0 saturated carbocycles. The minimum atomic E-state index is -3.19. The second-order valence-electron chi connectivity index (χ2n) is 6.26. The molecule has 0 spiro atoms. The van der Waals surface area contributed by atoms with Gasteiger partial charge in [0.15, 0.2) is 0 Å². The van der Waals surface area contributed by atoms with Crippen molar-refractivity contribution in [1.82, 2.24) is 9.62 Å². The molecule has 0 aliphatic carbocycles. The molecular formula is C13H26N2O3S. The van der Waals surface area contributed by atoms with Gasteiger partial charge in [-0.1, -0.05) is 6.92 Å². The third kappa shape index (κ3) is 4.15. The van der Waals surface area contributed by atoms with E-state index in [1.807, 2.05) is 0 Å². The summed E-state index contributed by atoms with van der Waals surface area (Å²) in [6.07, 6.45) is 0.860. The normalized spacial score (nSPS) is 33.4. The number of ether oxygens (including phenoxy) is 1. The van der Waals surface area contributed by atoms with E-state index in [1.54, 1.807) is 0 Å². The van der Waals surface area contributed by atoms with Crippen LogP contribution in [0.1, 0.15) is 27.2 Å². The Kier molecular flexibility index (Phi) is 4.87. The summed E-state index contributed by atoms with van der Waals surface area (Å²) < 4.78 is 32.5. The summed E-state index contributed by atoms with van der Waals surface area (Å²) in [7, 11) is -3.19. The van der Waals surface area contributed by atoms with Crippen molar-refractivity contribution in [1.29, 1.82) is 0 Å². The molecule has 1 N–H and O–H groups in total. The van der Waals surface area contributed by atoms with Gasteiger partial charge >= 0.3 is 0 Å². The van der Waals surface area contributed by atoms with E-state index < -0.39 is 10.0 Å². The van der Waals surface area contributed by atoms with Crippen LogP contribution in [0.15, 0.2) is 0 Å². The molecule has 2 aliphatic rings. The van der Waals surface area contributed by atoms with E-state index in [9.17, 15) is 8.42 Å². The van der Waals surface area contributed by atoms with Gasteiger partial charge in [0, 0.05) is 31.8 Å². The zero-order chi connectivity index (χ0) is 14.0. The predicted molar refractivity (Wildman–Crippen MR) is 75.5 cm³/mol. The molecule has 0 radical (unpaired) electrons. The minimum Gasteiger partial charge on any atom is -0.381 e. The van der Waals surface area contributed by atoms with Crippen molar-refractivity contribution in [3.63, 3.8) is 0 Å². The lowest BCUT2D eigenvalue weighted by atomic mass is 10.1. The van der Waals surface area contributed by atoms with Crippen molar-refractivity contribution in [2.45, 2.75) is 39.3 Å². The summed E-state index contributed by atoms with van der Waals surface area (Å²) in [6, 6.07) is 0.523. The first-order valence-corrected chi connectivity index (χ1v) is 8.84. The molecular weight excluding hydrogens is 264 g/mol. The summed E-state index contributed by atoms with van der Waals surface area (Å²) in [5, 5.41) is 0. The standard InChI is InChI=1S/C13H26N2O3S/c1-10(2)15-6-11(3)13(7-15)14-19(16,17)9-12-4-5-18-8-12/h10-14H,4-9H2,1-3H3/t11-,12+,13+/m1/s1. The van der Waals surface area contributed by atoms with E-state index >= 15 is 0 Å². The molecule has 2 heterocycles. The van der Waals surface area contributed by atoms with Crippen LogP contribution in [0.3, 0.4) is 0 Å². The van der Waals surface area contributed by atoms with Crippen LogP contribution < -0.4 is 4.72 Å². The SMILES string of the molecule is CC(C)N1C[C@@H](C)[C@@H](NS(=O)(=O)C[C@H]2CCOC2)C1. The van der Waals surface area contributed by atoms with E-state index in [0.29, 0.717) is 25.2 Å². The molecule has 2 rings (SSSR count). The fourth-order valence-electron chi connectivity index (χ4n) is 2.88. The zero-order valence-electron chi connectivity index (χ0n) is 12.1. The van der Waals surface area contributed by atoms with E-state index in [4.69, 9.17) is 4.74 Å². The lowest BCUT2D eigenvalue weighted by molar-refractivity contribution is 0.188. The molecule has 112 valence electrons. The van der Waals surface area contributed by atoms with Gasteiger partial charge in [-0.3, -0.25) is 4.90 Å². The van der Waals surface area contributed by atoms with Crippen LogP contribution >= 0.6 is 0 Å². The molecule has 2 aliphatic heterocycles. The number of hydrogen-bond donors (Lipinski definition) is 1. The van der Waals surface area contributed by atoms with Crippen LogP contribution in [0.5, 0.6) is 0 Å². The van der Waals surface area contributed by atoms with E-state index in [0.717, 1.165) is 19.5 Å². The van der Waals surface area contributed by atoms with Gasteiger partial charge in [-0.2, -0.15) is 0 Å². The monoisotopic (exact) mass is 290 g/mol. The highest BCUT2D eigenvalue weighted by atomic mass is 32.2. The van der Waals surface area contributed by atoms with Crippen LogP contribution in [-0.4, -0.2) is 57.5 Å². The molecule has 0 amide bonds. The largest absolute Gasteiger partial charge is 0.381 e. The van der Waals surface area contributed by atoms with Gasteiger partial charge in [-0.15, -0.1) is 0 Å². The number of nitrogens with one attached hydrogen (secondary N) is 1.